The van der Waals surface area contributed by atoms with E-state index >= 15 is 0 Å². The van der Waals surface area contributed by atoms with E-state index in [0.29, 0.717) is 6.42 Å². The average Bonchev–Trinajstić information content (AvgIpc) is 2.79. The highest BCUT2D eigenvalue weighted by Crippen LogP contribution is 2.50. The molecule has 0 N–H and O–H groups in total. The molecular weight excluding hydrogens is 266 g/mol. The van der Waals surface area contributed by atoms with E-state index in [1.165, 1.54) is 0 Å². The molecule has 1 fully saturated rings. The minimum atomic E-state index is -0.191. The van der Waals surface area contributed by atoms with Crippen molar-refractivity contribution in [2.24, 2.45) is 0 Å². The number of rotatable bonds is 3. The number of likely N-dealkylation sites (N-methyl/N-ethyl adjacent to an activating group) is 1. The van der Waals surface area contributed by atoms with Gasteiger partial charge in [0.25, 0.3) is 0 Å². The molecule has 1 aromatic carbocycles. The monoisotopic (exact) mass is 287 g/mol. The lowest BCUT2D eigenvalue weighted by Gasteiger charge is -2.34. The van der Waals surface area contributed by atoms with Crippen LogP contribution in [-0.2, 0) is 10.2 Å². The van der Waals surface area contributed by atoms with Gasteiger partial charge in [0.15, 0.2) is 11.5 Å². The summed E-state index contributed by atoms with van der Waals surface area (Å²) in [7, 11) is 5.15. The van der Waals surface area contributed by atoms with Crippen LogP contribution in [0.3, 0.4) is 0 Å². The molecule has 2 aliphatic rings. The van der Waals surface area contributed by atoms with Crippen molar-refractivity contribution in [1.82, 2.24) is 4.90 Å². The first-order chi connectivity index (χ1) is 10.1. The summed E-state index contributed by atoms with van der Waals surface area (Å²) in [6.45, 7) is 0. The van der Waals surface area contributed by atoms with Gasteiger partial charge in [0, 0.05) is 24.6 Å². The topological polar surface area (TPSA) is 38.8 Å². The van der Waals surface area contributed by atoms with Gasteiger partial charge in [0.2, 0.25) is 5.91 Å². The van der Waals surface area contributed by atoms with Crippen molar-refractivity contribution >= 4 is 5.91 Å². The Morgan fingerprint density at radius 2 is 1.95 bits per heavy atom. The Kier molecular flexibility index (Phi) is 3.40. The number of hydrogen-bond donors (Lipinski definition) is 0. The Balaban J connectivity index is 2.11. The zero-order chi connectivity index (χ0) is 15.0. The average molecular weight is 287 g/mol. The maximum Gasteiger partial charge on any atom is 0.227 e. The summed E-state index contributed by atoms with van der Waals surface area (Å²) in [5.74, 6) is 1.63. The molecule has 1 aliphatic heterocycles. The molecule has 4 nitrogen and oxygen atoms in total. The van der Waals surface area contributed by atoms with Crippen LogP contribution in [0.15, 0.2) is 30.0 Å². The van der Waals surface area contributed by atoms with Crippen LogP contribution in [0.25, 0.3) is 0 Å². The zero-order valence-electron chi connectivity index (χ0n) is 12.8. The van der Waals surface area contributed by atoms with Crippen LogP contribution in [0.2, 0.25) is 0 Å². The molecule has 21 heavy (non-hydrogen) atoms. The Morgan fingerprint density at radius 1 is 1.19 bits per heavy atom. The number of allylic oxidation sites excluding steroid dienone is 2. The van der Waals surface area contributed by atoms with Crippen molar-refractivity contribution in [3.63, 3.8) is 0 Å². The van der Waals surface area contributed by atoms with Gasteiger partial charge >= 0.3 is 0 Å². The van der Waals surface area contributed by atoms with E-state index in [0.717, 1.165) is 42.0 Å². The lowest BCUT2D eigenvalue weighted by atomic mass is 9.70. The van der Waals surface area contributed by atoms with E-state index in [-0.39, 0.29) is 11.3 Å². The van der Waals surface area contributed by atoms with Crippen molar-refractivity contribution in [3.8, 4) is 11.5 Å². The molecule has 0 saturated carbocycles. The zero-order valence-corrected chi connectivity index (χ0v) is 12.8. The summed E-state index contributed by atoms with van der Waals surface area (Å²) in [5, 5.41) is 0. The van der Waals surface area contributed by atoms with E-state index in [1.54, 1.807) is 14.2 Å². The summed E-state index contributed by atoms with van der Waals surface area (Å²) in [6.07, 6.45) is 5.92. The highest BCUT2D eigenvalue weighted by atomic mass is 16.5. The number of likely N-dealkylation sites (tertiary alicyclic amines) is 1. The Bertz CT molecular complexity index is 608. The molecule has 0 spiro atoms. The Labute approximate surface area is 125 Å². The second kappa shape index (κ2) is 5.10. The number of carbonyl (C=O) groups excluding carboxylic acids is 1. The molecule has 0 bridgehead atoms. The van der Waals surface area contributed by atoms with Crippen LogP contribution in [0.4, 0.5) is 0 Å². The molecule has 0 aromatic heterocycles. The normalized spacial score (nSPS) is 24.6. The lowest BCUT2D eigenvalue weighted by molar-refractivity contribution is -0.125. The van der Waals surface area contributed by atoms with Gasteiger partial charge in [0.1, 0.15) is 0 Å². The fourth-order valence-electron chi connectivity index (χ4n) is 3.64. The van der Waals surface area contributed by atoms with Gasteiger partial charge in [-0.15, -0.1) is 0 Å². The number of carbonyl (C=O) groups is 1. The van der Waals surface area contributed by atoms with Crippen molar-refractivity contribution in [3.05, 3.63) is 35.5 Å². The van der Waals surface area contributed by atoms with Gasteiger partial charge in [-0.2, -0.15) is 0 Å². The molecule has 1 heterocycles. The van der Waals surface area contributed by atoms with Crippen molar-refractivity contribution in [1.29, 1.82) is 0 Å². The summed E-state index contributed by atoms with van der Waals surface area (Å²) < 4.78 is 10.7. The number of hydrogen-bond acceptors (Lipinski definition) is 3. The third kappa shape index (κ3) is 2.01. The first kappa shape index (κ1) is 14.0. The fraction of sp³-hybridized carbons (Fsp3) is 0.471. The molecule has 4 heteroatoms. The van der Waals surface area contributed by atoms with Gasteiger partial charge < -0.3 is 14.4 Å². The maximum atomic E-state index is 12.2. The van der Waals surface area contributed by atoms with Crippen LogP contribution in [0.1, 0.15) is 31.2 Å². The third-order valence-corrected chi connectivity index (χ3v) is 4.76. The van der Waals surface area contributed by atoms with Crippen molar-refractivity contribution in [2.45, 2.75) is 31.1 Å². The number of amides is 1. The van der Waals surface area contributed by atoms with E-state index in [4.69, 9.17) is 9.47 Å². The van der Waals surface area contributed by atoms with Crippen LogP contribution in [0.5, 0.6) is 11.5 Å². The molecule has 1 atom stereocenters. The van der Waals surface area contributed by atoms with Crippen LogP contribution in [-0.4, -0.2) is 32.1 Å². The first-order valence-corrected chi connectivity index (χ1v) is 7.32. The largest absolute Gasteiger partial charge is 0.493 e. The molecule has 112 valence electrons. The molecular formula is C17H21NO3. The molecule has 1 saturated heterocycles. The first-order valence-electron chi connectivity index (χ1n) is 7.32. The van der Waals surface area contributed by atoms with E-state index in [2.05, 4.69) is 12.1 Å². The van der Waals surface area contributed by atoms with E-state index in [1.807, 2.05) is 24.1 Å². The third-order valence-electron chi connectivity index (χ3n) is 4.76. The summed E-state index contributed by atoms with van der Waals surface area (Å²) >= 11 is 0. The van der Waals surface area contributed by atoms with Crippen LogP contribution in [0, 0.1) is 0 Å². The van der Waals surface area contributed by atoms with Crippen molar-refractivity contribution in [2.75, 3.05) is 21.3 Å². The van der Waals surface area contributed by atoms with Gasteiger partial charge in [-0.05, 0) is 37.0 Å². The minimum absolute atomic E-state index is 0.191. The highest BCUT2D eigenvalue weighted by molar-refractivity contribution is 5.85. The second-order valence-electron chi connectivity index (χ2n) is 5.76. The van der Waals surface area contributed by atoms with E-state index in [9.17, 15) is 4.79 Å². The minimum Gasteiger partial charge on any atom is -0.493 e. The molecule has 3 rings (SSSR count). The molecule has 1 amide bonds. The lowest BCUT2D eigenvalue weighted by Crippen LogP contribution is -2.29. The fourth-order valence-corrected chi connectivity index (χ4v) is 3.64. The highest BCUT2D eigenvalue weighted by Gasteiger charge is 2.48. The maximum absolute atomic E-state index is 12.2. The predicted octanol–water partition coefficient (Wildman–Crippen LogP) is 2.87. The Morgan fingerprint density at radius 3 is 2.67 bits per heavy atom. The smallest absolute Gasteiger partial charge is 0.227 e. The van der Waals surface area contributed by atoms with Gasteiger partial charge in [-0.1, -0.05) is 12.1 Å². The van der Waals surface area contributed by atoms with Gasteiger partial charge in [-0.25, -0.2) is 0 Å². The number of fused-ring (bicyclic) bond motifs is 1. The van der Waals surface area contributed by atoms with Crippen molar-refractivity contribution < 1.29 is 14.3 Å². The second-order valence-corrected chi connectivity index (χ2v) is 5.76. The number of ether oxygens (including phenoxy) is 2. The predicted molar refractivity (Wildman–Crippen MR) is 80.5 cm³/mol. The van der Waals surface area contributed by atoms with Crippen LogP contribution < -0.4 is 9.47 Å². The molecule has 1 aromatic rings. The Hall–Kier alpha value is -1.97. The molecule has 0 radical (unpaired) electrons. The van der Waals surface area contributed by atoms with E-state index < -0.39 is 0 Å². The molecule has 1 aliphatic carbocycles. The summed E-state index contributed by atoms with van der Waals surface area (Å²) in [5.41, 5.74) is 2.10. The number of nitrogens with zero attached hydrogens (tertiary/aromatic N) is 1. The summed E-state index contributed by atoms with van der Waals surface area (Å²) in [4.78, 5) is 14.0. The summed E-state index contributed by atoms with van der Waals surface area (Å²) in [6, 6.07) is 6.01. The SMILES string of the molecule is COc1ccc(C23CCCC=C2N(C)C(=O)C3)cc1OC. The number of benzene rings is 1. The quantitative estimate of drug-likeness (QED) is 0.858. The van der Waals surface area contributed by atoms with Crippen LogP contribution >= 0.6 is 0 Å². The van der Waals surface area contributed by atoms with Gasteiger partial charge in [0.05, 0.1) is 14.2 Å². The standard InChI is InChI=1S/C17H21NO3/c1-18-15-6-4-5-9-17(15,11-16(18)19)12-7-8-13(20-2)14(10-12)21-3/h6-8,10H,4-5,9,11H2,1-3H3. The van der Waals surface area contributed by atoms with Gasteiger partial charge in [-0.3, -0.25) is 4.79 Å². The number of methoxy groups -OCH3 is 2. The molecule has 1 unspecified atom stereocenters.